The maximum absolute atomic E-state index is 13.0. The molecule has 1 amide bonds. The summed E-state index contributed by atoms with van der Waals surface area (Å²) in [6.45, 7) is 0. The highest BCUT2D eigenvalue weighted by Crippen LogP contribution is 2.25. The Morgan fingerprint density at radius 2 is 2.05 bits per heavy atom. The van der Waals surface area contributed by atoms with Crippen molar-refractivity contribution in [2.75, 3.05) is 11.1 Å². The normalized spacial score (nSPS) is 10.3. The molecule has 98 valence electrons. The van der Waals surface area contributed by atoms with Gasteiger partial charge in [0, 0.05) is 11.4 Å². The number of nitrogens with two attached hydrogens (primary N) is 1. The number of nitrogens with one attached hydrogen (secondary N) is 1. The molecular formula is C13H9BrClFN2O. The zero-order valence-electron chi connectivity index (χ0n) is 9.58. The number of nitrogen functional groups attached to an aromatic ring is 1. The van der Waals surface area contributed by atoms with Gasteiger partial charge in [0.15, 0.2) is 0 Å². The zero-order chi connectivity index (χ0) is 14.0. The number of halogens is 3. The molecule has 0 aliphatic heterocycles. The molecule has 0 saturated carbocycles. The molecule has 0 spiro atoms. The molecule has 0 radical (unpaired) electrons. The van der Waals surface area contributed by atoms with Crippen LogP contribution in [0.3, 0.4) is 0 Å². The highest BCUT2D eigenvalue weighted by molar-refractivity contribution is 9.10. The summed E-state index contributed by atoms with van der Waals surface area (Å²) >= 11 is 8.89. The second-order valence-electron chi connectivity index (χ2n) is 3.79. The Bertz CT molecular complexity index is 649. The molecule has 0 fully saturated rings. The lowest BCUT2D eigenvalue weighted by molar-refractivity contribution is 0.102. The fraction of sp³-hybridized carbons (Fsp3) is 0. The molecule has 3 N–H and O–H groups in total. The summed E-state index contributed by atoms with van der Waals surface area (Å²) in [7, 11) is 0. The van der Waals surface area contributed by atoms with Crippen molar-refractivity contribution in [3.63, 3.8) is 0 Å². The summed E-state index contributed by atoms with van der Waals surface area (Å²) < 4.78 is 13.5. The van der Waals surface area contributed by atoms with Gasteiger partial charge in [-0.1, -0.05) is 17.7 Å². The summed E-state index contributed by atoms with van der Waals surface area (Å²) in [5.41, 5.74) is 6.96. The van der Waals surface area contributed by atoms with E-state index in [1.807, 2.05) is 0 Å². The predicted molar refractivity (Wildman–Crippen MR) is 77.9 cm³/mol. The van der Waals surface area contributed by atoms with E-state index < -0.39 is 5.82 Å². The molecule has 6 heteroatoms. The Labute approximate surface area is 122 Å². The molecular weight excluding hydrogens is 335 g/mol. The van der Waals surface area contributed by atoms with Crippen molar-refractivity contribution in [1.82, 2.24) is 0 Å². The van der Waals surface area contributed by atoms with Crippen molar-refractivity contribution in [2.24, 2.45) is 0 Å². The number of hydrogen-bond acceptors (Lipinski definition) is 2. The number of hydrogen-bond donors (Lipinski definition) is 2. The van der Waals surface area contributed by atoms with E-state index in [0.717, 1.165) is 0 Å². The summed E-state index contributed by atoms with van der Waals surface area (Å²) in [4.78, 5) is 12.0. The van der Waals surface area contributed by atoms with E-state index in [4.69, 9.17) is 17.3 Å². The second-order valence-corrected chi connectivity index (χ2v) is 4.99. The van der Waals surface area contributed by atoms with Gasteiger partial charge < -0.3 is 11.1 Å². The third-order valence-electron chi connectivity index (χ3n) is 2.45. The first-order valence-electron chi connectivity index (χ1n) is 5.29. The van der Waals surface area contributed by atoms with Crippen molar-refractivity contribution in [1.29, 1.82) is 0 Å². The Kier molecular flexibility index (Phi) is 4.07. The van der Waals surface area contributed by atoms with Crippen LogP contribution in [-0.2, 0) is 0 Å². The maximum Gasteiger partial charge on any atom is 0.256 e. The summed E-state index contributed by atoms with van der Waals surface area (Å²) in [5, 5.41) is 2.57. The fourth-order valence-corrected chi connectivity index (χ4v) is 2.12. The Morgan fingerprint density at radius 3 is 2.74 bits per heavy atom. The van der Waals surface area contributed by atoms with Crippen LogP contribution in [0.4, 0.5) is 15.8 Å². The molecule has 0 aliphatic carbocycles. The van der Waals surface area contributed by atoms with Crippen molar-refractivity contribution >= 4 is 44.8 Å². The predicted octanol–water partition coefficient (Wildman–Crippen LogP) is 4.08. The first-order valence-corrected chi connectivity index (χ1v) is 6.46. The van der Waals surface area contributed by atoms with Gasteiger partial charge in [-0.3, -0.25) is 4.79 Å². The number of anilines is 2. The minimum Gasteiger partial charge on any atom is -0.398 e. The van der Waals surface area contributed by atoms with Gasteiger partial charge in [0.2, 0.25) is 0 Å². The molecule has 19 heavy (non-hydrogen) atoms. The fourth-order valence-electron chi connectivity index (χ4n) is 1.50. The van der Waals surface area contributed by atoms with Gasteiger partial charge in [-0.25, -0.2) is 4.39 Å². The van der Waals surface area contributed by atoms with Gasteiger partial charge in [0.05, 0.1) is 15.1 Å². The van der Waals surface area contributed by atoms with Crippen molar-refractivity contribution < 1.29 is 9.18 Å². The van der Waals surface area contributed by atoms with Crippen LogP contribution in [0.1, 0.15) is 10.4 Å². The number of benzene rings is 2. The van der Waals surface area contributed by atoms with Crippen LogP contribution in [0.25, 0.3) is 0 Å². The number of amides is 1. The molecule has 0 aliphatic rings. The van der Waals surface area contributed by atoms with Crippen molar-refractivity contribution in [3.05, 3.63) is 57.3 Å². The SMILES string of the molecule is Nc1cccc(C(=O)Nc2ccc(F)c(Cl)c2)c1Br. The molecule has 2 rings (SSSR count). The lowest BCUT2D eigenvalue weighted by atomic mass is 10.2. The Hall–Kier alpha value is -1.59. The highest BCUT2D eigenvalue weighted by atomic mass is 79.9. The van der Waals surface area contributed by atoms with E-state index in [0.29, 0.717) is 21.4 Å². The van der Waals surface area contributed by atoms with Gasteiger partial charge >= 0.3 is 0 Å². The van der Waals surface area contributed by atoms with Crippen molar-refractivity contribution in [3.8, 4) is 0 Å². The summed E-state index contributed by atoms with van der Waals surface area (Å²) in [6, 6.07) is 8.93. The Morgan fingerprint density at radius 1 is 1.32 bits per heavy atom. The first kappa shape index (κ1) is 13.8. The van der Waals surface area contributed by atoms with Crippen LogP contribution >= 0.6 is 27.5 Å². The molecule has 0 unspecified atom stereocenters. The van der Waals surface area contributed by atoms with Crippen LogP contribution in [-0.4, -0.2) is 5.91 Å². The quantitative estimate of drug-likeness (QED) is 0.807. The van der Waals surface area contributed by atoms with Crippen LogP contribution < -0.4 is 11.1 Å². The van der Waals surface area contributed by atoms with E-state index in [-0.39, 0.29) is 10.9 Å². The van der Waals surface area contributed by atoms with Crippen LogP contribution in [0.2, 0.25) is 5.02 Å². The van der Waals surface area contributed by atoms with Gasteiger partial charge in [0.25, 0.3) is 5.91 Å². The maximum atomic E-state index is 13.0. The van der Waals surface area contributed by atoms with E-state index in [1.165, 1.54) is 18.2 Å². The summed E-state index contributed by atoms with van der Waals surface area (Å²) in [5.74, 6) is -0.897. The zero-order valence-corrected chi connectivity index (χ0v) is 11.9. The van der Waals surface area contributed by atoms with Gasteiger partial charge in [-0.2, -0.15) is 0 Å². The van der Waals surface area contributed by atoms with Gasteiger partial charge in [-0.05, 0) is 46.3 Å². The average Bonchev–Trinajstić information content (AvgIpc) is 2.37. The molecule has 2 aromatic carbocycles. The summed E-state index contributed by atoms with van der Waals surface area (Å²) in [6.07, 6.45) is 0. The Balaban J connectivity index is 2.26. The van der Waals surface area contributed by atoms with Gasteiger partial charge in [-0.15, -0.1) is 0 Å². The number of carbonyl (C=O) groups excluding carboxylic acids is 1. The van der Waals surface area contributed by atoms with E-state index in [1.54, 1.807) is 18.2 Å². The largest absolute Gasteiger partial charge is 0.398 e. The lowest BCUT2D eigenvalue weighted by Crippen LogP contribution is -2.13. The first-order chi connectivity index (χ1) is 8.99. The van der Waals surface area contributed by atoms with Crippen LogP contribution in [0, 0.1) is 5.82 Å². The lowest BCUT2D eigenvalue weighted by Gasteiger charge is -2.08. The standard InChI is InChI=1S/C13H9BrClFN2O/c14-12-8(2-1-3-11(12)17)13(19)18-7-4-5-10(16)9(15)6-7/h1-6H,17H2,(H,18,19). The third kappa shape index (κ3) is 3.05. The van der Waals surface area contributed by atoms with E-state index >= 15 is 0 Å². The van der Waals surface area contributed by atoms with Crippen LogP contribution in [0.15, 0.2) is 40.9 Å². The molecule has 0 bridgehead atoms. The molecule has 0 atom stereocenters. The molecule has 0 saturated heterocycles. The van der Waals surface area contributed by atoms with Gasteiger partial charge in [0.1, 0.15) is 5.82 Å². The molecule has 0 aromatic heterocycles. The monoisotopic (exact) mass is 342 g/mol. The topological polar surface area (TPSA) is 55.1 Å². The number of carbonyl (C=O) groups is 1. The molecule has 0 heterocycles. The minimum atomic E-state index is -0.537. The molecule has 2 aromatic rings. The highest BCUT2D eigenvalue weighted by Gasteiger charge is 2.12. The minimum absolute atomic E-state index is 0.0514. The average molecular weight is 344 g/mol. The molecule has 3 nitrogen and oxygen atoms in total. The van der Waals surface area contributed by atoms with Crippen LogP contribution in [0.5, 0.6) is 0 Å². The third-order valence-corrected chi connectivity index (χ3v) is 3.63. The van der Waals surface area contributed by atoms with E-state index in [9.17, 15) is 9.18 Å². The number of rotatable bonds is 2. The van der Waals surface area contributed by atoms with Crippen molar-refractivity contribution in [2.45, 2.75) is 0 Å². The van der Waals surface area contributed by atoms with E-state index in [2.05, 4.69) is 21.2 Å². The smallest absolute Gasteiger partial charge is 0.256 e. The second kappa shape index (κ2) is 5.59.